The number of thioether (sulfide) groups is 1. The zero-order valence-corrected chi connectivity index (χ0v) is 16.9. The number of nitrogens with zero attached hydrogens (tertiary/aromatic N) is 2. The lowest BCUT2D eigenvalue weighted by atomic mass is 10.2. The Morgan fingerprint density at radius 1 is 1.30 bits per heavy atom. The molecule has 0 N–H and O–H groups in total. The van der Waals surface area contributed by atoms with Gasteiger partial charge < -0.3 is 4.74 Å². The second kappa shape index (κ2) is 7.48. The third-order valence-electron chi connectivity index (χ3n) is 4.41. The van der Waals surface area contributed by atoms with Gasteiger partial charge in [0.2, 0.25) is 0 Å². The van der Waals surface area contributed by atoms with Crippen LogP contribution in [0.4, 0.5) is 0 Å². The number of thiophene rings is 1. The van der Waals surface area contributed by atoms with Crippen LogP contribution in [0, 0.1) is 0 Å². The first-order valence-electron chi connectivity index (χ1n) is 8.99. The Hall–Kier alpha value is -2.12. The van der Waals surface area contributed by atoms with Crippen molar-refractivity contribution in [2.75, 3.05) is 5.75 Å². The van der Waals surface area contributed by atoms with Gasteiger partial charge in [-0.25, -0.2) is 4.98 Å². The second-order valence-corrected chi connectivity index (χ2v) is 8.76. The van der Waals surface area contributed by atoms with E-state index in [0.717, 1.165) is 40.7 Å². The average Bonchev–Trinajstić information content (AvgIpc) is 3.20. The number of carbonyl (C=O) groups excluding carboxylic acids is 1. The average molecular weight is 401 g/mol. The molecule has 1 aliphatic rings. The highest BCUT2D eigenvalue weighted by Gasteiger charge is 2.24. The fraction of sp³-hybridized carbons (Fsp3) is 0.350. The number of aryl methyl sites for hydroxylation is 2. The summed E-state index contributed by atoms with van der Waals surface area (Å²) in [6.45, 7) is 3.64. The summed E-state index contributed by atoms with van der Waals surface area (Å²) in [4.78, 5) is 32.2. The van der Waals surface area contributed by atoms with Crippen LogP contribution in [0.2, 0.25) is 0 Å². The van der Waals surface area contributed by atoms with Crippen LogP contribution in [0.25, 0.3) is 15.9 Å². The van der Waals surface area contributed by atoms with Gasteiger partial charge in [-0.15, -0.1) is 11.3 Å². The minimum atomic E-state index is -0.308. The van der Waals surface area contributed by atoms with E-state index in [0.29, 0.717) is 5.16 Å². The third kappa shape index (κ3) is 3.53. The first-order chi connectivity index (χ1) is 13.0. The van der Waals surface area contributed by atoms with Gasteiger partial charge in [-0.1, -0.05) is 30.0 Å². The van der Waals surface area contributed by atoms with Crippen LogP contribution in [0.5, 0.6) is 0 Å². The predicted molar refractivity (Wildman–Crippen MR) is 109 cm³/mol. The van der Waals surface area contributed by atoms with Crippen molar-refractivity contribution in [2.24, 2.45) is 0 Å². The Kier molecular flexibility index (Phi) is 5.06. The fourth-order valence-corrected chi connectivity index (χ4v) is 5.44. The minimum Gasteiger partial charge on any atom is -0.462 e. The summed E-state index contributed by atoms with van der Waals surface area (Å²) in [5.74, 6) is -0.189. The number of aromatic nitrogens is 2. The van der Waals surface area contributed by atoms with Gasteiger partial charge in [0.25, 0.3) is 5.56 Å². The molecule has 5 nitrogen and oxygen atoms in total. The van der Waals surface area contributed by atoms with Crippen molar-refractivity contribution in [2.45, 2.75) is 44.4 Å². The van der Waals surface area contributed by atoms with Gasteiger partial charge in [0.1, 0.15) is 4.83 Å². The van der Waals surface area contributed by atoms with Gasteiger partial charge in [-0.3, -0.25) is 14.2 Å². The summed E-state index contributed by atoms with van der Waals surface area (Å²) in [6.07, 6.45) is 2.89. The molecule has 0 saturated carbocycles. The summed E-state index contributed by atoms with van der Waals surface area (Å²) in [6, 6.07) is 9.47. The molecule has 4 rings (SSSR count). The number of benzene rings is 1. The van der Waals surface area contributed by atoms with Crippen molar-refractivity contribution in [1.82, 2.24) is 9.55 Å². The van der Waals surface area contributed by atoms with Crippen LogP contribution in [0.1, 0.15) is 30.7 Å². The molecule has 2 heterocycles. The second-order valence-electron chi connectivity index (χ2n) is 6.74. The Morgan fingerprint density at radius 2 is 2.07 bits per heavy atom. The van der Waals surface area contributed by atoms with E-state index in [1.165, 1.54) is 16.6 Å². The normalized spacial score (nSPS) is 13.3. The first-order valence-corrected chi connectivity index (χ1v) is 10.8. The number of hydrogen-bond acceptors (Lipinski definition) is 6. The zero-order chi connectivity index (χ0) is 19.0. The molecule has 1 aromatic carbocycles. The third-order valence-corrected chi connectivity index (χ3v) is 6.51. The van der Waals surface area contributed by atoms with Crippen LogP contribution in [0.15, 0.2) is 40.3 Å². The van der Waals surface area contributed by atoms with E-state index < -0.39 is 0 Å². The van der Waals surface area contributed by atoms with E-state index in [1.54, 1.807) is 15.9 Å². The highest BCUT2D eigenvalue weighted by atomic mass is 32.2. The number of esters is 1. The maximum absolute atomic E-state index is 13.4. The van der Waals surface area contributed by atoms with Gasteiger partial charge >= 0.3 is 5.97 Å². The Bertz CT molecular complexity index is 1050. The van der Waals surface area contributed by atoms with Gasteiger partial charge in [0.15, 0.2) is 5.16 Å². The SMILES string of the molecule is CC(C)OC(=O)CSc1nc2sc3c(c2c(=O)n1-c1ccccc1)CCC3. The smallest absolute Gasteiger partial charge is 0.316 e. The number of ether oxygens (including phenoxy) is 1. The van der Waals surface area contributed by atoms with E-state index in [2.05, 4.69) is 0 Å². The number of fused-ring (bicyclic) bond motifs is 3. The van der Waals surface area contributed by atoms with Crippen molar-refractivity contribution in [3.05, 3.63) is 51.1 Å². The van der Waals surface area contributed by atoms with E-state index >= 15 is 0 Å². The number of rotatable bonds is 5. The summed E-state index contributed by atoms with van der Waals surface area (Å²) >= 11 is 2.86. The molecule has 27 heavy (non-hydrogen) atoms. The van der Waals surface area contributed by atoms with Crippen LogP contribution in [0.3, 0.4) is 0 Å². The van der Waals surface area contributed by atoms with Crippen molar-refractivity contribution in [3.8, 4) is 5.69 Å². The molecule has 0 bridgehead atoms. The number of para-hydroxylation sites is 1. The summed E-state index contributed by atoms with van der Waals surface area (Å²) in [7, 11) is 0. The zero-order valence-electron chi connectivity index (χ0n) is 15.2. The molecule has 0 aliphatic heterocycles. The molecule has 0 saturated heterocycles. The van der Waals surface area contributed by atoms with Crippen molar-refractivity contribution < 1.29 is 9.53 Å². The standard InChI is InChI=1S/C20H20N2O3S2/c1-12(2)25-16(23)11-26-20-21-18-17(14-9-6-10-15(14)27-18)19(24)22(20)13-7-4-3-5-8-13/h3-5,7-8,12H,6,9-11H2,1-2H3. The lowest BCUT2D eigenvalue weighted by Crippen LogP contribution is -2.22. The maximum atomic E-state index is 13.4. The molecule has 140 valence electrons. The summed E-state index contributed by atoms with van der Waals surface area (Å²) in [5.41, 5.74) is 1.87. The van der Waals surface area contributed by atoms with Crippen molar-refractivity contribution in [3.63, 3.8) is 0 Å². The van der Waals surface area contributed by atoms with Crippen LogP contribution in [-0.4, -0.2) is 27.4 Å². The largest absolute Gasteiger partial charge is 0.462 e. The molecule has 0 fully saturated rings. The van der Waals surface area contributed by atoms with Gasteiger partial charge in [-0.2, -0.15) is 0 Å². The van der Waals surface area contributed by atoms with Crippen LogP contribution in [-0.2, 0) is 22.4 Å². The predicted octanol–water partition coefficient (Wildman–Crippen LogP) is 3.98. The molecule has 0 radical (unpaired) electrons. The maximum Gasteiger partial charge on any atom is 0.316 e. The monoisotopic (exact) mass is 400 g/mol. The summed E-state index contributed by atoms with van der Waals surface area (Å²) < 4.78 is 6.84. The number of hydrogen-bond donors (Lipinski definition) is 0. The van der Waals surface area contributed by atoms with E-state index in [4.69, 9.17) is 9.72 Å². The van der Waals surface area contributed by atoms with Gasteiger partial charge in [0.05, 0.1) is 22.9 Å². The minimum absolute atomic E-state index is 0.0506. The van der Waals surface area contributed by atoms with Crippen molar-refractivity contribution >= 4 is 39.3 Å². The van der Waals surface area contributed by atoms with Crippen LogP contribution >= 0.6 is 23.1 Å². The number of carbonyl (C=O) groups is 1. The highest BCUT2D eigenvalue weighted by Crippen LogP contribution is 2.36. The van der Waals surface area contributed by atoms with Crippen molar-refractivity contribution in [1.29, 1.82) is 0 Å². The lowest BCUT2D eigenvalue weighted by molar-refractivity contribution is -0.144. The lowest BCUT2D eigenvalue weighted by Gasteiger charge is -2.13. The molecular formula is C20H20N2O3S2. The van der Waals surface area contributed by atoms with Crippen LogP contribution < -0.4 is 5.56 Å². The van der Waals surface area contributed by atoms with Gasteiger partial charge in [-0.05, 0) is 50.8 Å². The van der Waals surface area contributed by atoms with E-state index in [-0.39, 0.29) is 23.4 Å². The first kappa shape index (κ1) is 18.3. The molecule has 0 amide bonds. The van der Waals surface area contributed by atoms with E-state index in [1.807, 2.05) is 44.2 Å². The molecule has 3 aromatic rings. The Labute approximate surface area is 165 Å². The molecule has 7 heteroatoms. The Balaban J connectivity index is 1.82. The Morgan fingerprint density at radius 3 is 2.81 bits per heavy atom. The quantitative estimate of drug-likeness (QED) is 0.368. The van der Waals surface area contributed by atoms with E-state index in [9.17, 15) is 9.59 Å². The summed E-state index contributed by atoms with van der Waals surface area (Å²) in [5, 5.41) is 1.27. The fourth-order valence-electron chi connectivity index (χ4n) is 3.35. The molecule has 2 aromatic heterocycles. The molecule has 0 unspecified atom stereocenters. The highest BCUT2D eigenvalue weighted by molar-refractivity contribution is 7.99. The topological polar surface area (TPSA) is 61.2 Å². The molecule has 0 atom stereocenters. The molecule has 1 aliphatic carbocycles. The van der Waals surface area contributed by atoms with Gasteiger partial charge in [0, 0.05) is 4.88 Å². The molecular weight excluding hydrogens is 380 g/mol. The molecule has 0 spiro atoms.